The first-order chi connectivity index (χ1) is 10.0. The van der Waals surface area contributed by atoms with Crippen LogP contribution < -0.4 is 16.0 Å². The maximum atomic E-state index is 11.9. The minimum Gasteiger partial charge on any atom is -0.370 e. The molecule has 7 heteroatoms. The molecule has 3 N–H and O–H groups in total. The second-order valence-corrected chi connectivity index (χ2v) is 4.74. The predicted octanol–water partition coefficient (Wildman–Crippen LogP) is 0.904. The highest BCUT2D eigenvalue weighted by Crippen LogP contribution is 2.04. The van der Waals surface area contributed by atoms with E-state index in [1.165, 1.54) is 11.1 Å². The Kier molecular flexibility index (Phi) is 7.00. The molecule has 0 spiro atoms. The standard InChI is InChI=1S/C14H23N5O2/c1-4-7-15-12-6-5-11(10-18-12)13(20)16-8-9-17-14(21)19(2)3/h5-6,10H,4,7-9H2,1-3H3,(H,15,18)(H,16,20)(H,17,21). The fourth-order valence-corrected chi connectivity index (χ4v) is 1.49. The Morgan fingerprint density at radius 3 is 2.43 bits per heavy atom. The third kappa shape index (κ3) is 6.11. The van der Waals surface area contributed by atoms with E-state index in [2.05, 4.69) is 27.9 Å². The summed E-state index contributed by atoms with van der Waals surface area (Å²) in [5, 5.41) is 8.53. The highest BCUT2D eigenvalue weighted by molar-refractivity contribution is 5.94. The Labute approximate surface area is 125 Å². The van der Waals surface area contributed by atoms with E-state index < -0.39 is 0 Å². The van der Waals surface area contributed by atoms with Crippen molar-refractivity contribution >= 4 is 17.8 Å². The van der Waals surface area contributed by atoms with Gasteiger partial charge in [-0.15, -0.1) is 0 Å². The molecular weight excluding hydrogens is 270 g/mol. The average Bonchev–Trinajstić information content (AvgIpc) is 2.49. The summed E-state index contributed by atoms with van der Waals surface area (Å²) < 4.78 is 0. The molecule has 0 saturated heterocycles. The van der Waals surface area contributed by atoms with Crippen molar-refractivity contribution in [3.8, 4) is 0 Å². The predicted molar refractivity (Wildman–Crippen MR) is 82.4 cm³/mol. The minimum absolute atomic E-state index is 0.183. The van der Waals surface area contributed by atoms with E-state index in [4.69, 9.17) is 0 Å². The van der Waals surface area contributed by atoms with Crippen LogP contribution in [0.4, 0.5) is 10.6 Å². The molecule has 1 heterocycles. The molecule has 0 atom stereocenters. The molecule has 1 rings (SSSR count). The quantitative estimate of drug-likeness (QED) is 0.652. The van der Waals surface area contributed by atoms with Gasteiger partial charge in [-0.05, 0) is 18.6 Å². The van der Waals surface area contributed by atoms with Gasteiger partial charge in [0.1, 0.15) is 5.82 Å². The lowest BCUT2D eigenvalue weighted by atomic mass is 10.2. The van der Waals surface area contributed by atoms with E-state index in [0.29, 0.717) is 18.7 Å². The average molecular weight is 293 g/mol. The van der Waals surface area contributed by atoms with E-state index >= 15 is 0 Å². The second kappa shape index (κ2) is 8.78. The summed E-state index contributed by atoms with van der Waals surface area (Å²) in [6, 6.07) is 3.31. The molecule has 0 aliphatic rings. The van der Waals surface area contributed by atoms with E-state index in [-0.39, 0.29) is 11.9 Å². The SMILES string of the molecule is CCCNc1ccc(C(=O)NCCNC(=O)N(C)C)cn1. The van der Waals surface area contributed by atoms with E-state index in [9.17, 15) is 9.59 Å². The Hall–Kier alpha value is -2.31. The van der Waals surface area contributed by atoms with Crippen molar-refractivity contribution < 1.29 is 9.59 Å². The zero-order valence-electron chi connectivity index (χ0n) is 12.8. The van der Waals surface area contributed by atoms with Gasteiger partial charge in [-0.3, -0.25) is 4.79 Å². The smallest absolute Gasteiger partial charge is 0.316 e. The molecule has 0 saturated carbocycles. The van der Waals surface area contributed by atoms with Crippen LogP contribution in [0.2, 0.25) is 0 Å². The molecule has 1 aromatic heterocycles. The van der Waals surface area contributed by atoms with Gasteiger partial charge in [0, 0.05) is 39.9 Å². The molecule has 7 nitrogen and oxygen atoms in total. The maximum Gasteiger partial charge on any atom is 0.316 e. The van der Waals surface area contributed by atoms with Crippen molar-refractivity contribution in [1.82, 2.24) is 20.5 Å². The van der Waals surface area contributed by atoms with Crippen LogP contribution in [0.15, 0.2) is 18.3 Å². The van der Waals surface area contributed by atoms with Crippen LogP contribution in [0.5, 0.6) is 0 Å². The Morgan fingerprint density at radius 2 is 1.86 bits per heavy atom. The first-order valence-corrected chi connectivity index (χ1v) is 6.98. The van der Waals surface area contributed by atoms with Crippen LogP contribution in [-0.2, 0) is 0 Å². The van der Waals surface area contributed by atoms with E-state index in [0.717, 1.165) is 18.8 Å². The molecule has 0 aliphatic heterocycles. The molecule has 3 amide bonds. The molecule has 0 fully saturated rings. The van der Waals surface area contributed by atoms with Gasteiger partial charge in [-0.2, -0.15) is 0 Å². The number of hydrogen-bond donors (Lipinski definition) is 3. The first-order valence-electron chi connectivity index (χ1n) is 6.98. The molecule has 0 bridgehead atoms. The number of carbonyl (C=O) groups excluding carboxylic acids is 2. The molecule has 0 aliphatic carbocycles. The van der Waals surface area contributed by atoms with Gasteiger partial charge in [0.05, 0.1) is 5.56 Å². The van der Waals surface area contributed by atoms with Crippen molar-refractivity contribution in [3.05, 3.63) is 23.9 Å². The summed E-state index contributed by atoms with van der Waals surface area (Å²) in [4.78, 5) is 28.7. The Morgan fingerprint density at radius 1 is 1.14 bits per heavy atom. The zero-order valence-corrected chi connectivity index (χ0v) is 12.8. The van der Waals surface area contributed by atoms with Crippen LogP contribution in [0.1, 0.15) is 23.7 Å². The Bertz CT molecular complexity index is 459. The van der Waals surface area contributed by atoms with Crippen LogP contribution in [0.3, 0.4) is 0 Å². The van der Waals surface area contributed by atoms with Crippen molar-refractivity contribution in [2.45, 2.75) is 13.3 Å². The highest BCUT2D eigenvalue weighted by atomic mass is 16.2. The van der Waals surface area contributed by atoms with Gasteiger partial charge in [0.15, 0.2) is 0 Å². The molecule has 21 heavy (non-hydrogen) atoms. The van der Waals surface area contributed by atoms with Gasteiger partial charge in [-0.1, -0.05) is 6.92 Å². The number of pyridine rings is 1. The normalized spacial score (nSPS) is 9.86. The van der Waals surface area contributed by atoms with Crippen LogP contribution >= 0.6 is 0 Å². The summed E-state index contributed by atoms with van der Waals surface area (Å²) in [5.41, 5.74) is 0.496. The zero-order chi connectivity index (χ0) is 15.7. The number of amides is 3. The molecule has 1 aromatic rings. The fourth-order valence-electron chi connectivity index (χ4n) is 1.49. The van der Waals surface area contributed by atoms with Crippen molar-refractivity contribution in [2.75, 3.05) is 39.0 Å². The lowest BCUT2D eigenvalue weighted by molar-refractivity contribution is 0.0953. The summed E-state index contributed by atoms with van der Waals surface area (Å²) in [6.07, 6.45) is 2.55. The third-order valence-corrected chi connectivity index (χ3v) is 2.67. The summed E-state index contributed by atoms with van der Waals surface area (Å²) in [6.45, 7) is 3.68. The van der Waals surface area contributed by atoms with Crippen molar-refractivity contribution in [1.29, 1.82) is 0 Å². The second-order valence-electron chi connectivity index (χ2n) is 4.74. The third-order valence-electron chi connectivity index (χ3n) is 2.67. The van der Waals surface area contributed by atoms with Gasteiger partial charge in [0.2, 0.25) is 0 Å². The highest BCUT2D eigenvalue weighted by Gasteiger charge is 2.06. The number of carbonyl (C=O) groups is 2. The molecule has 0 radical (unpaired) electrons. The lowest BCUT2D eigenvalue weighted by Crippen LogP contribution is -2.39. The number of anilines is 1. The number of urea groups is 1. The van der Waals surface area contributed by atoms with Crippen molar-refractivity contribution in [2.24, 2.45) is 0 Å². The molecular formula is C14H23N5O2. The van der Waals surface area contributed by atoms with Crippen molar-refractivity contribution in [3.63, 3.8) is 0 Å². The van der Waals surface area contributed by atoms with E-state index in [1.54, 1.807) is 26.2 Å². The van der Waals surface area contributed by atoms with Gasteiger partial charge >= 0.3 is 6.03 Å². The maximum absolute atomic E-state index is 11.9. The summed E-state index contributed by atoms with van der Waals surface area (Å²) in [5.74, 6) is 0.551. The summed E-state index contributed by atoms with van der Waals surface area (Å²) >= 11 is 0. The topological polar surface area (TPSA) is 86.4 Å². The lowest BCUT2D eigenvalue weighted by Gasteiger charge is -2.12. The number of rotatable bonds is 7. The van der Waals surface area contributed by atoms with E-state index in [1.807, 2.05) is 0 Å². The van der Waals surface area contributed by atoms with Gasteiger partial charge < -0.3 is 20.9 Å². The van der Waals surface area contributed by atoms with Crippen LogP contribution in [0.25, 0.3) is 0 Å². The minimum atomic E-state index is -0.205. The Balaban J connectivity index is 2.33. The first kappa shape index (κ1) is 16.7. The van der Waals surface area contributed by atoms with Crippen LogP contribution in [0, 0.1) is 0 Å². The largest absolute Gasteiger partial charge is 0.370 e. The monoisotopic (exact) mass is 293 g/mol. The number of aromatic nitrogens is 1. The van der Waals surface area contributed by atoms with Crippen LogP contribution in [-0.4, -0.2) is 55.6 Å². The molecule has 0 aromatic carbocycles. The number of nitrogens with one attached hydrogen (secondary N) is 3. The number of nitrogens with zero attached hydrogens (tertiary/aromatic N) is 2. The molecule has 0 unspecified atom stereocenters. The number of hydrogen-bond acceptors (Lipinski definition) is 4. The molecule has 116 valence electrons. The van der Waals surface area contributed by atoms with Gasteiger partial charge in [-0.25, -0.2) is 9.78 Å². The van der Waals surface area contributed by atoms with Gasteiger partial charge in [0.25, 0.3) is 5.91 Å². The fraction of sp³-hybridized carbons (Fsp3) is 0.500. The summed E-state index contributed by atoms with van der Waals surface area (Å²) in [7, 11) is 3.32.